The van der Waals surface area contributed by atoms with E-state index in [-0.39, 0.29) is 11.7 Å². The van der Waals surface area contributed by atoms with Gasteiger partial charge in [-0.2, -0.15) is 4.37 Å². The third-order valence-electron chi connectivity index (χ3n) is 4.88. The summed E-state index contributed by atoms with van der Waals surface area (Å²) in [5.74, 6) is 0.805. The van der Waals surface area contributed by atoms with E-state index in [0.29, 0.717) is 12.8 Å². The molecule has 0 aliphatic carbocycles. The topological polar surface area (TPSA) is 49.3 Å². The molecule has 0 unspecified atom stereocenters. The zero-order valence-electron chi connectivity index (χ0n) is 15.9. The van der Waals surface area contributed by atoms with Gasteiger partial charge in [-0.1, -0.05) is 38.3 Å². The lowest BCUT2D eigenvalue weighted by atomic mass is 10.1. The first-order valence-electron chi connectivity index (χ1n) is 9.75. The van der Waals surface area contributed by atoms with Gasteiger partial charge in [0.05, 0.1) is 0 Å². The smallest absolute Gasteiger partial charge is 0.222 e. The van der Waals surface area contributed by atoms with Crippen LogP contribution in [0.2, 0.25) is 0 Å². The number of rotatable bonds is 8. The molecule has 27 heavy (non-hydrogen) atoms. The molecule has 3 rings (SSSR count). The highest BCUT2D eigenvalue weighted by Crippen LogP contribution is 2.21. The first kappa shape index (κ1) is 19.7. The van der Waals surface area contributed by atoms with E-state index in [4.69, 9.17) is 0 Å². The molecule has 1 aromatic carbocycles. The molecule has 0 spiro atoms. The summed E-state index contributed by atoms with van der Waals surface area (Å²) in [6.07, 6.45) is 5.81. The van der Waals surface area contributed by atoms with Crippen molar-refractivity contribution in [3.63, 3.8) is 0 Å². The molecule has 0 radical (unpaired) electrons. The molecule has 5 nitrogen and oxygen atoms in total. The number of unbranched alkanes of at least 4 members (excludes halogenated alkanes) is 3. The zero-order chi connectivity index (χ0) is 19.1. The molecule has 1 fully saturated rings. The molecule has 1 amide bonds. The van der Waals surface area contributed by atoms with Crippen molar-refractivity contribution in [1.82, 2.24) is 14.3 Å². The van der Waals surface area contributed by atoms with Gasteiger partial charge in [-0.25, -0.2) is 9.37 Å². The second-order valence-corrected chi connectivity index (χ2v) is 7.71. The number of carbonyl (C=O) groups excluding carboxylic acids is 1. The summed E-state index contributed by atoms with van der Waals surface area (Å²) in [7, 11) is 0. The first-order chi connectivity index (χ1) is 13.2. The quantitative estimate of drug-likeness (QED) is 0.642. The molecule has 1 aliphatic heterocycles. The highest BCUT2D eigenvalue weighted by molar-refractivity contribution is 7.09. The van der Waals surface area contributed by atoms with Crippen molar-refractivity contribution in [2.45, 2.75) is 45.4 Å². The van der Waals surface area contributed by atoms with Gasteiger partial charge in [0.25, 0.3) is 0 Å². The molecule has 1 saturated heterocycles. The van der Waals surface area contributed by atoms with Crippen LogP contribution in [0.4, 0.5) is 9.52 Å². The van der Waals surface area contributed by atoms with Gasteiger partial charge in [-0.3, -0.25) is 4.79 Å². The molecule has 1 aromatic heterocycles. The van der Waals surface area contributed by atoms with E-state index in [1.807, 2.05) is 4.90 Å². The summed E-state index contributed by atoms with van der Waals surface area (Å²) in [5, 5.41) is 0.905. The summed E-state index contributed by atoms with van der Waals surface area (Å²) < 4.78 is 17.4. The third-order valence-corrected chi connectivity index (χ3v) is 5.69. The van der Waals surface area contributed by atoms with Crippen LogP contribution in [0.5, 0.6) is 0 Å². The Morgan fingerprint density at radius 1 is 1.11 bits per heavy atom. The number of hydrogen-bond donors (Lipinski definition) is 0. The van der Waals surface area contributed by atoms with Crippen LogP contribution in [0, 0.1) is 5.82 Å². The monoisotopic (exact) mass is 390 g/mol. The van der Waals surface area contributed by atoms with Crippen molar-refractivity contribution in [3.05, 3.63) is 41.5 Å². The van der Waals surface area contributed by atoms with Gasteiger partial charge >= 0.3 is 0 Å². The summed E-state index contributed by atoms with van der Waals surface area (Å²) in [5.41, 5.74) is 0.999. The Balaban J connectivity index is 1.46. The Kier molecular flexibility index (Phi) is 7.15. The van der Waals surface area contributed by atoms with Crippen LogP contribution >= 0.6 is 11.5 Å². The van der Waals surface area contributed by atoms with E-state index in [0.717, 1.165) is 55.5 Å². The maximum Gasteiger partial charge on any atom is 0.222 e. The molecular formula is C20H27FN4OS. The summed E-state index contributed by atoms with van der Waals surface area (Å²) >= 11 is 1.39. The second kappa shape index (κ2) is 9.78. The van der Waals surface area contributed by atoms with Crippen LogP contribution in [-0.4, -0.2) is 46.3 Å². The molecule has 2 aromatic rings. The van der Waals surface area contributed by atoms with Crippen LogP contribution in [0.1, 0.15) is 50.4 Å². The SMILES string of the molecule is CCCCCCC(=O)N1CCN(c2nc(Cc3ccc(F)cc3)ns2)CC1. The Labute approximate surface area is 164 Å². The van der Waals surface area contributed by atoms with Crippen molar-refractivity contribution in [2.75, 3.05) is 31.1 Å². The maximum absolute atomic E-state index is 13.0. The lowest BCUT2D eigenvalue weighted by Crippen LogP contribution is -2.48. The molecule has 0 atom stereocenters. The Morgan fingerprint density at radius 3 is 2.56 bits per heavy atom. The summed E-state index contributed by atoms with van der Waals surface area (Å²) in [4.78, 5) is 21.1. The van der Waals surface area contributed by atoms with E-state index in [1.54, 1.807) is 12.1 Å². The number of anilines is 1. The molecule has 2 heterocycles. The number of amides is 1. The van der Waals surface area contributed by atoms with E-state index in [1.165, 1.54) is 36.5 Å². The average Bonchev–Trinajstić information content (AvgIpc) is 3.15. The molecular weight excluding hydrogens is 363 g/mol. The fourth-order valence-corrected chi connectivity index (χ4v) is 3.97. The number of halogens is 1. The molecule has 7 heteroatoms. The van der Waals surface area contributed by atoms with Crippen LogP contribution in [0.15, 0.2) is 24.3 Å². The Morgan fingerprint density at radius 2 is 1.85 bits per heavy atom. The minimum absolute atomic E-state index is 0.233. The number of piperazine rings is 1. The number of nitrogens with zero attached hydrogens (tertiary/aromatic N) is 4. The van der Waals surface area contributed by atoms with E-state index >= 15 is 0 Å². The standard InChI is InChI=1S/C20H27FN4OS/c1-2-3-4-5-6-19(26)24-11-13-25(14-12-24)20-22-18(23-27-20)15-16-7-9-17(21)10-8-16/h7-10H,2-6,11-15H2,1H3. The fraction of sp³-hybridized carbons (Fsp3) is 0.550. The van der Waals surface area contributed by atoms with E-state index in [9.17, 15) is 9.18 Å². The van der Waals surface area contributed by atoms with Gasteiger partial charge in [0.15, 0.2) is 0 Å². The number of aromatic nitrogens is 2. The number of hydrogen-bond acceptors (Lipinski definition) is 5. The zero-order valence-corrected chi connectivity index (χ0v) is 16.7. The Hall–Kier alpha value is -2.02. The predicted molar refractivity (Wildman–Crippen MR) is 107 cm³/mol. The van der Waals surface area contributed by atoms with Crippen molar-refractivity contribution in [3.8, 4) is 0 Å². The summed E-state index contributed by atoms with van der Waals surface area (Å²) in [6, 6.07) is 6.45. The number of benzene rings is 1. The van der Waals surface area contributed by atoms with Gasteiger partial charge < -0.3 is 9.80 Å². The van der Waals surface area contributed by atoms with Crippen LogP contribution in [0.3, 0.4) is 0 Å². The number of carbonyl (C=O) groups is 1. The van der Waals surface area contributed by atoms with Gasteiger partial charge in [-0.05, 0) is 24.1 Å². The predicted octanol–water partition coefficient (Wildman–Crippen LogP) is 3.89. The highest BCUT2D eigenvalue weighted by atomic mass is 32.1. The average molecular weight is 391 g/mol. The van der Waals surface area contributed by atoms with E-state index < -0.39 is 0 Å². The molecule has 0 bridgehead atoms. The van der Waals surface area contributed by atoms with Crippen molar-refractivity contribution in [1.29, 1.82) is 0 Å². The van der Waals surface area contributed by atoms with Crippen molar-refractivity contribution < 1.29 is 9.18 Å². The minimum atomic E-state index is -0.233. The molecule has 146 valence electrons. The van der Waals surface area contributed by atoms with Crippen LogP contribution < -0.4 is 4.90 Å². The lowest BCUT2D eigenvalue weighted by molar-refractivity contribution is -0.131. The van der Waals surface area contributed by atoms with Crippen molar-refractivity contribution in [2.24, 2.45) is 0 Å². The lowest BCUT2D eigenvalue weighted by Gasteiger charge is -2.34. The van der Waals surface area contributed by atoms with Gasteiger partial charge in [0, 0.05) is 50.6 Å². The molecule has 1 aliphatic rings. The third kappa shape index (κ3) is 5.73. The minimum Gasteiger partial charge on any atom is -0.343 e. The van der Waals surface area contributed by atoms with Gasteiger partial charge in [-0.15, -0.1) is 0 Å². The molecule has 0 N–H and O–H groups in total. The summed E-state index contributed by atoms with van der Waals surface area (Å²) in [6.45, 7) is 5.27. The maximum atomic E-state index is 13.0. The highest BCUT2D eigenvalue weighted by Gasteiger charge is 2.23. The second-order valence-electron chi connectivity index (χ2n) is 6.97. The van der Waals surface area contributed by atoms with Gasteiger partial charge in [0.1, 0.15) is 11.6 Å². The normalized spacial score (nSPS) is 14.6. The van der Waals surface area contributed by atoms with Gasteiger partial charge in [0.2, 0.25) is 11.0 Å². The fourth-order valence-electron chi connectivity index (χ4n) is 3.24. The van der Waals surface area contributed by atoms with Crippen LogP contribution in [0.25, 0.3) is 0 Å². The van der Waals surface area contributed by atoms with Crippen LogP contribution in [-0.2, 0) is 11.2 Å². The van der Waals surface area contributed by atoms with Crippen molar-refractivity contribution >= 4 is 22.6 Å². The van der Waals surface area contributed by atoms with E-state index in [2.05, 4.69) is 21.2 Å². The Bertz CT molecular complexity index is 726. The first-order valence-corrected chi connectivity index (χ1v) is 10.5. The molecule has 0 saturated carbocycles. The largest absolute Gasteiger partial charge is 0.343 e.